The summed E-state index contributed by atoms with van der Waals surface area (Å²) in [4.78, 5) is 43.6. The molecular weight excluding hydrogens is 526 g/mol. The van der Waals surface area contributed by atoms with Gasteiger partial charge in [-0.25, -0.2) is 14.6 Å². The number of pyridine rings is 2. The Hall–Kier alpha value is -3.91. The highest BCUT2D eigenvalue weighted by atomic mass is 19.4. The van der Waals surface area contributed by atoms with E-state index in [2.05, 4.69) is 22.0 Å². The molecule has 15 heteroatoms. The summed E-state index contributed by atoms with van der Waals surface area (Å²) in [7, 11) is 0. The van der Waals surface area contributed by atoms with Gasteiger partial charge in [0.2, 0.25) is 5.91 Å². The number of rotatable bonds is 3. The highest BCUT2D eigenvalue weighted by molar-refractivity contribution is 5.81. The van der Waals surface area contributed by atoms with E-state index in [1.165, 1.54) is 0 Å². The van der Waals surface area contributed by atoms with Crippen LogP contribution in [0, 0.1) is 12.8 Å². The molecular formula is C23H24F6N4O5. The van der Waals surface area contributed by atoms with Gasteiger partial charge in [0.1, 0.15) is 5.82 Å². The van der Waals surface area contributed by atoms with Gasteiger partial charge in [0.25, 0.3) is 0 Å². The van der Waals surface area contributed by atoms with Gasteiger partial charge >= 0.3 is 24.3 Å². The zero-order valence-electron chi connectivity index (χ0n) is 20.0. The summed E-state index contributed by atoms with van der Waals surface area (Å²) in [6.45, 7) is 5.01. The van der Waals surface area contributed by atoms with E-state index in [9.17, 15) is 31.1 Å². The maximum atomic E-state index is 12.5. The number of hydrogen-bond acceptors (Lipinski definition) is 6. The van der Waals surface area contributed by atoms with Crippen molar-refractivity contribution in [2.75, 3.05) is 18.0 Å². The largest absolute Gasteiger partial charge is 0.490 e. The normalized spacial score (nSPS) is 15.1. The Bertz CT molecular complexity index is 1100. The number of fused-ring (bicyclic) bond motifs is 1. The highest BCUT2D eigenvalue weighted by Gasteiger charge is 2.39. The first-order valence-corrected chi connectivity index (χ1v) is 11.1. The number of anilines is 1. The van der Waals surface area contributed by atoms with Crippen LogP contribution in [-0.2, 0) is 27.5 Å². The lowest BCUT2D eigenvalue weighted by Crippen LogP contribution is -2.36. The Balaban J connectivity index is 0.000000301. The molecule has 208 valence electrons. The molecule has 1 amide bonds. The fraction of sp³-hybridized carbons (Fsp3) is 0.435. The van der Waals surface area contributed by atoms with Gasteiger partial charge in [-0.2, -0.15) is 26.3 Å². The molecule has 9 nitrogen and oxygen atoms in total. The number of aromatic nitrogens is 2. The number of carbonyl (C=O) groups excluding carboxylic acids is 1. The molecule has 1 aliphatic heterocycles. The molecule has 2 aliphatic rings. The van der Waals surface area contributed by atoms with Crippen LogP contribution in [0.3, 0.4) is 0 Å². The summed E-state index contributed by atoms with van der Waals surface area (Å²) in [5.41, 5.74) is 3.30. The van der Waals surface area contributed by atoms with Gasteiger partial charge in [0, 0.05) is 55.7 Å². The third kappa shape index (κ3) is 9.52. The van der Waals surface area contributed by atoms with Gasteiger partial charge in [0.05, 0.1) is 0 Å². The number of carboxylic acid groups (broad SMARTS) is 2. The maximum Gasteiger partial charge on any atom is 0.490 e. The minimum absolute atomic E-state index is 0.261. The van der Waals surface area contributed by atoms with Crippen LogP contribution in [-0.4, -0.2) is 68.4 Å². The zero-order chi connectivity index (χ0) is 28.7. The van der Waals surface area contributed by atoms with Crippen molar-refractivity contribution < 1.29 is 50.9 Å². The molecule has 2 aromatic rings. The van der Waals surface area contributed by atoms with Gasteiger partial charge in [-0.1, -0.05) is 12.1 Å². The fourth-order valence-electron chi connectivity index (χ4n) is 3.24. The molecule has 1 saturated carbocycles. The molecule has 2 aromatic heterocycles. The van der Waals surface area contributed by atoms with Gasteiger partial charge in [-0.05, 0) is 37.5 Å². The number of aliphatic carboxylic acids is 2. The van der Waals surface area contributed by atoms with Crippen molar-refractivity contribution in [1.82, 2.24) is 14.9 Å². The predicted octanol–water partition coefficient (Wildman–Crippen LogP) is 3.81. The van der Waals surface area contributed by atoms with Crippen LogP contribution < -0.4 is 4.90 Å². The average molecular weight is 550 g/mol. The smallest absolute Gasteiger partial charge is 0.475 e. The second-order valence-corrected chi connectivity index (χ2v) is 8.36. The average Bonchev–Trinajstić information content (AvgIpc) is 3.67. The van der Waals surface area contributed by atoms with Crippen molar-refractivity contribution in [2.45, 2.75) is 45.2 Å². The molecule has 0 unspecified atom stereocenters. The summed E-state index contributed by atoms with van der Waals surface area (Å²) in [6, 6.07) is 8.19. The Morgan fingerprint density at radius 1 is 0.974 bits per heavy atom. The van der Waals surface area contributed by atoms with Crippen molar-refractivity contribution in [3.8, 4) is 0 Å². The van der Waals surface area contributed by atoms with Crippen LogP contribution in [0.5, 0.6) is 0 Å². The van der Waals surface area contributed by atoms with Gasteiger partial charge in [0.15, 0.2) is 0 Å². The second-order valence-electron chi connectivity index (χ2n) is 8.36. The summed E-state index contributed by atoms with van der Waals surface area (Å²) in [5.74, 6) is -3.94. The van der Waals surface area contributed by atoms with Gasteiger partial charge in [-0.15, -0.1) is 0 Å². The molecule has 0 bridgehead atoms. The minimum Gasteiger partial charge on any atom is -0.475 e. The summed E-state index contributed by atoms with van der Waals surface area (Å²) < 4.78 is 63.5. The van der Waals surface area contributed by atoms with E-state index < -0.39 is 24.3 Å². The molecule has 1 fully saturated rings. The van der Waals surface area contributed by atoms with E-state index in [0.717, 1.165) is 55.1 Å². The van der Waals surface area contributed by atoms with Crippen molar-refractivity contribution in [2.24, 2.45) is 5.92 Å². The van der Waals surface area contributed by atoms with Gasteiger partial charge < -0.3 is 20.0 Å². The van der Waals surface area contributed by atoms with Crippen LogP contribution >= 0.6 is 0 Å². The number of carbonyl (C=O) groups is 3. The van der Waals surface area contributed by atoms with Crippen LogP contribution in [0.1, 0.15) is 29.7 Å². The van der Waals surface area contributed by atoms with Crippen LogP contribution in [0.2, 0.25) is 0 Å². The number of halogens is 6. The number of nitrogens with zero attached hydrogens (tertiary/aromatic N) is 4. The lowest BCUT2D eigenvalue weighted by atomic mass is 10.2. The third-order valence-corrected chi connectivity index (χ3v) is 5.22. The van der Waals surface area contributed by atoms with E-state index in [1.54, 1.807) is 6.20 Å². The molecule has 0 saturated heterocycles. The quantitative estimate of drug-likeness (QED) is 0.553. The zero-order valence-corrected chi connectivity index (χ0v) is 20.0. The molecule has 0 spiro atoms. The fourth-order valence-corrected chi connectivity index (χ4v) is 3.24. The topological polar surface area (TPSA) is 124 Å². The minimum atomic E-state index is -5.08. The number of alkyl halides is 6. The number of aryl methyl sites for hydroxylation is 1. The Labute approximate surface area is 212 Å². The second kappa shape index (κ2) is 12.6. The molecule has 3 heterocycles. The lowest BCUT2D eigenvalue weighted by molar-refractivity contribution is -0.193. The predicted molar refractivity (Wildman–Crippen MR) is 120 cm³/mol. The molecule has 1 aliphatic carbocycles. The van der Waals surface area contributed by atoms with Crippen molar-refractivity contribution in [1.29, 1.82) is 0 Å². The first kappa shape index (κ1) is 30.3. The molecule has 0 atom stereocenters. The van der Waals surface area contributed by atoms with Crippen LogP contribution in [0.15, 0.2) is 36.7 Å². The van der Waals surface area contributed by atoms with Crippen LogP contribution in [0.25, 0.3) is 0 Å². The van der Waals surface area contributed by atoms with E-state index in [-0.39, 0.29) is 5.92 Å². The van der Waals surface area contributed by atoms with E-state index in [0.29, 0.717) is 12.5 Å². The van der Waals surface area contributed by atoms with Crippen molar-refractivity contribution in [3.05, 3.63) is 53.5 Å². The summed E-state index contributed by atoms with van der Waals surface area (Å²) in [5, 5.41) is 14.2. The third-order valence-electron chi connectivity index (χ3n) is 5.22. The number of amides is 1. The maximum absolute atomic E-state index is 12.5. The van der Waals surface area contributed by atoms with Crippen LogP contribution in [0.4, 0.5) is 32.2 Å². The molecule has 38 heavy (non-hydrogen) atoms. The monoisotopic (exact) mass is 550 g/mol. The Morgan fingerprint density at radius 3 is 2.03 bits per heavy atom. The Kier molecular flexibility index (Phi) is 10.0. The summed E-state index contributed by atoms with van der Waals surface area (Å²) in [6.07, 6.45) is -4.38. The lowest BCUT2D eigenvalue weighted by Gasteiger charge is -2.24. The number of hydrogen-bond donors (Lipinski definition) is 2. The molecule has 0 aromatic carbocycles. The van der Waals surface area contributed by atoms with E-state index >= 15 is 0 Å². The SMILES string of the molecule is Cc1ccc2c(n1)N(Cc1cccnc1)CCN(C(=O)C1CC1)C2.O=C(O)C(F)(F)F.O=C(O)C(F)(F)F. The molecule has 2 N–H and O–H groups in total. The highest BCUT2D eigenvalue weighted by Crippen LogP contribution is 2.33. The van der Waals surface area contributed by atoms with E-state index in [4.69, 9.17) is 24.8 Å². The van der Waals surface area contributed by atoms with E-state index in [1.807, 2.05) is 30.2 Å². The number of carboxylic acids is 2. The first-order valence-electron chi connectivity index (χ1n) is 11.1. The molecule has 4 rings (SSSR count). The van der Waals surface area contributed by atoms with Crippen molar-refractivity contribution in [3.63, 3.8) is 0 Å². The molecule has 0 radical (unpaired) electrons. The first-order chi connectivity index (χ1) is 17.6. The van der Waals surface area contributed by atoms with Crippen molar-refractivity contribution >= 4 is 23.7 Å². The Morgan fingerprint density at radius 2 is 1.55 bits per heavy atom. The van der Waals surface area contributed by atoms with Gasteiger partial charge in [-0.3, -0.25) is 9.78 Å². The summed E-state index contributed by atoms with van der Waals surface area (Å²) >= 11 is 0. The standard InChI is InChI=1S/C19H22N4O.2C2HF3O2/c1-14-4-5-17-13-23(19(24)16-6-7-16)10-9-22(18(17)21-14)12-15-3-2-8-20-11-15;2*3-2(4,5)1(6)7/h2-5,8,11,16H,6-7,9-10,12-13H2,1H3;2*(H,6,7).